The van der Waals surface area contributed by atoms with E-state index < -0.39 is 5.82 Å². The Balaban J connectivity index is 1.90. The zero-order valence-corrected chi connectivity index (χ0v) is 13.0. The number of halogens is 1. The molecule has 1 fully saturated rings. The number of nitrogens with zero attached hydrogens (tertiary/aromatic N) is 2. The maximum Gasteiger partial charge on any atom is 0.322 e. The minimum atomic E-state index is -0.416. The number of hydrogen-bond acceptors (Lipinski definition) is 4. The SMILES string of the molecule is COCCN1CCN(C(=O)Nc2cc(F)ccc2OC)CC1. The lowest BCUT2D eigenvalue weighted by Gasteiger charge is -2.34. The molecule has 0 saturated carbocycles. The number of carbonyl (C=O) groups excluding carboxylic acids is 1. The van der Waals surface area contributed by atoms with Crippen LogP contribution in [0.2, 0.25) is 0 Å². The highest BCUT2D eigenvalue weighted by Crippen LogP contribution is 2.25. The predicted molar refractivity (Wildman–Crippen MR) is 81.9 cm³/mol. The van der Waals surface area contributed by atoms with Crippen molar-refractivity contribution in [2.75, 3.05) is 58.9 Å². The lowest BCUT2D eigenvalue weighted by molar-refractivity contribution is 0.109. The molecule has 6 nitrogen and oxygen atoms in total. The fourth-order valence-electron chi connectivity index (χ4n) is 2.37. The summed E-state index contributed by atoms with van der Waals surface area (Å²) in [4.78, 5) is 16.2. The van der Waals surface area contributed by atoms with Gasteiger partial charge in [-0.25, -0.2) is 9.18 Å². The average Bonchev–Trinajstić information content (AvgIpc) is 2.53. The van der Waals surface area contributed by atoms with E-state index in [1.807, 2.05) is 0 Å². The summed E-state index contributed by atoms with van der Waals surface area (Å²) in [7, 11) is 3.16. The van der Waals surface area contributed by atoms with Gasteiger partial charge in [-0.3, -0.25) is 4.90 Å². The molecule has 1 aromatic carbocycles. The van der Waals surface area contributed by atoms with E-state index >= 15 is 0 Å². The molecule has 7 heteroatoms. The van der Waals surface area contributed by atoms with E-state index in [0.717, 1.165) is 19.6 Å². The second-order valence-corrected chi connectivity index (χ2v) is 5.10. The van der Waals surface area contributed by atoms with Crippen molar-refractivity contribution in [2.45, 2.75) is 0 Å². The van der Waals surface area contributed by atoms with E-state index in [4.69, 9.17) is 9.47 Å². The summed E-state index contributed by atoms with van der Waals surface area (Å²) < 4.78 is 23.5. The first-order valence-electron chi connectivity index (χ1n) is 7.25. The normalized spacial score (nSPS) is 15.7. The third-order valence-electron chi connectivity index (χ3n) is 3.67. The number of carbonyl (C=O) groups is 1. The number of rotatable bonds is 5. The highest BCUT2D eigenvalue weighted by Gasteiger charge is 2.21. The van der Waals surface area contributed by atoms with Crippen LogP contribution in [0.5, 0.6) is 5.75 Å². The molecule has 1 aromatic rings. The highest BCUT2D eigenvalue weighted by molar-refractivity contribution is 5.91. The number of urea groups is 1. The molecule has 122 valence electrons. The molecule has 1 saturated heterocycles. The van der Waals surface area contributed by atoms with Gasteiger partial charge in [0, 0.05) is 45.9 Å². The van der Waals surface area contributed by atoms with Crippen molar-refractivity contribution < 1.29 is 18.7 Å². The predicted octanol–water partition coefficient (Wildman–Crippen LogP) is 1.63. The van der Waals surface area contributed by atoms with E-state index in [2.05, 4.69) is 10.2 Å². The second kappa shape index (κ2) is 7.95. The first-order chi connectivity index (χ1) is 10.6. The molecule has 0 atom stereocenters. The van der Waals surface area contributed by atoms with Crippen LogP contribution >= 0.6 is 0 Å². The van der Waals surface area contributed by atoms with E-state index in [0.29, 0.717) is 31.1 Å². The maximum atomic E-state index is 13.3. The summed E-state index contributed by atoms with van der Waals surface area (Å²) in [5.41, 5.74) is 0.342. The smallest absolute Gasteiger partial charge is 0.322 e. The molecule has 1 aliphatic heterocycles. The van der Waals surface area contributed by atoms with Gasteiger partial charge in [-0.1, -0.05) is 0 Å². The molecule has 0 aromatic heterocycles. The van der Waals surface area contributed by atoms with Crippen molar-refractivity contribution in [3.63, 3.8) is 0 Å². The minimum Gasteiger partial charge on any atom is -0.495 e. The van der Waals surface area contributed by atoms with Crippen molar-refractivity contribution in [1.82, 2.24) is 9.80 Å². The van der Waals surface area contributed by atoms with Crippen LogP contribution in [0.3, 0.4) is 0 Å². The largest absolute Gasteiger partial charge is 0.495 e. The van der Waals surface area contributed by atoms with Crippen molar-refractivity contribution >= 4 is 11.7 Å². The Morgan fingerprint density at radius 2 is 2.00 bits per heavy atom. The molecule has 0 bridgehead atoms. The molecule has 1 aliphatic rings. The zero-order valence-electron chi connectivity index (χ0n) is 13.0. The summed E-state index contributed by atoms with van der Waals surface area (Å²) in [5, 5.41) is 2.71. The number of benzene rings is 1. The standard InChI is InChI=1S/C15H22FN3O3/c1-21-10-9-18-5-7-19(8-6-18)15(20)17-13-11-12(16)3-4-14(13)22-2/h3-4,11H,5-10H2,1-2H3,(H,17,20). The Labute approximate surface area is 129 Å². The van der Waals surface area contributed by atoms with E-state index in [1.165, 1.54) is 25.3 Å². The molecule has 0 unspecified atom stereocenters. The van der Waals surface area contributed by atoms with Gasteiger partial charge in [0.1, 0.15) is 11.6 Å². The lowest BCUT2D eigenvalue weighted by Crippen LogP contribution is -2.50. The number of piperazine rings is 1. The fourth-order valence-corrected chi connectivity index (χ4v) is 2.37. The van der Waals surface area contributed by atoms with Gasteiger partial charge in [-0.15, -0.1) is 0 Å². The zero-order chi connectivity index (χ0) is 15.9. The molecule has 0 aliphatic carbocycles. The van der Waals surface area contributed by atoms with Gasteiger partial charge >= 0.3 is 6.03 Å². The summed E-state index contributed by atoms with van der Waals surface area (Å²) in [6, 6.07) is 3.80. The number of amides is 2. The number of ether oxygens (including phenoxy) is 2. The van der Waals surface area contributed by atoms with Gasteiger partial charge in [0.15, 0.2) is 0 Å². The molecule has 22 heavy (non-hydrogen) atoms. The van der Waals surface area contributed by atoms with Crippen LogP contribution < -0.4 is 10.1 Å². The molecule has 1 N–H and O–H groups in total. The molecule has 1 heterocycles. The van der Waals surface area contributed by atoms with E-state index in [1.54, 1.807) is 12.0 Å². The van der Waals surface area contributed by atoms with Gasteiger partial charge in [-0.2, -0.15) is 0 Å². The fraction of sp³-hybridized carbons (Fsp3) is 0.533. The van der Waals surface area contributed by atoms with Crippen molar-refractivity contribution in [3.8, 4) is 5.75 Å². The molecular weight excluding hydrogens is 289 g/mol. The first kappa shape index (κ1) is 16.5. The number of nitrogens with one attached hydrogen (secondary N) is 1. The Kier molecular flexibility index (Phi) is 5.97. The van der Waals surface area contributed by atoms with Gasteiger partial charge in [0.2, 0.25) is 0 Å². The van der Waals surface area contributed by atoms with Crippen LogP contribution in [0.25, 0.3) is 0 Å². The van der Waals surface area contributed by atoms with E-state index in [9.17, 15) is 9.18 Å². The molecule has 0 radical (unpaired) electrons. The summed E-state index contributed by atoms with van der Waals surface area (Å²) in [5.74, 6) is 0.0222. The van der Waals surface area contributed by atoms with Gasteiger partial charge in [0.05, 0.1) is 19.4 Å². The Hall–Kier alpha value is -1.86. The maximum absolute atomic E-state index is 13.3. The highest BCUT2D eigenvalue weighted by atomic mass is 19.1. The summed E-state index contributed by atoms with van der Waals surface area (Å²) >= 11 is 0. The average molecular weight is 311 g/mol. The topological polar surface area (TPSA) is 54.0 Å². The van der Waals surface area contributed by atoms with Gasteiger partial charge in [-0.05, 0) is 12.1 Å². The van der Waals surface area contributed by atoms with Gasteiger partial charge in [0.25, 0.3) is 0 Å². The Bertz CT molecular complexity index is 505. The summed E-state index contributed by atoms with van der Waals surface area (Å²) in [6.45, 7) is 4.42. The Morgan fingerprint density at radius 3 is 2.64 bits per heavy atom. The molecule has 2 amide bonds. The van der Waals surface area contributed by atoms with Crippen LogP contribution in [0.1, 0.15) is 0 Å². The summed E-state index contributed by atoms with van der Waals surface area (Å²) in [6.07, 6.45) is 0. The van der Waals surface area contributed by atoms with Crippen LogP contribution in [0.4, 0.5) is 14.9 Å². The van der Waals surface area contributed by atoms with Crippen LogP contribution in [0, 0.1) is 5.82 Å². The van der Waals surface area contributed by atoms with Crippen LogP contribution in [0.15, 0.2) is 18.2 Å². The Morgan fingerprint density at radius 1 is 1.27 bits per heavy atom. The monoisotopic (exact) mass is 311 g/mol. The van der Waals surface area contributed by atoms with Crippen molar-refractivity contribution in [2.24, 2.45) is 0 Å². The third kappa shape index (κ3) is 4.32. The third-order valence-corrected chi connectivity index (χ3v) is 3.67. The quantitative estimate of drug-likeness (QED) is 0.898. The number of hydrogen-bond donors (Lipinski definition) is 1. The molecule has 0 spiro atoms. The van der Waals surface area contributed by atoms with Gasteiger partial charge < -0.3 is 19.7 Å². The van der Waals surface area contributed by atoms with Crippen LogP contribution in [-0.4, -0.2) is 69.4 Å². The van der Waals surface area contributed by atoms with Crippen molar-refractivity contribution in [3.05, 3.63) is 24.0 Å². The van der Waals surface area contributed by atoms with Crippen LogP contribution in [-0.2, 0) is 4.74 Å². The second-order valence-electron chi connectivity index (χ2n) is 5.10. The minimum absolute atomic E-state index is 0.240. The van der Waals surface area contributed by atoms with E-state index in [-0.39, 0.29) is 6.03 Å². The molecular formula is C15H22FN3O3. The lowest BCUT2D eigenvalue weighted by atomic mass is 10.2. The first-order valence-corrected chi connectivity index (χ1v) is 7.25. The van der Waals surface area contributed by atoms with Crippen molar-refractivity contribution in [1.29, 1.82) is 0 Å². The molecule has 2 rings (SSSR count). The number of methoxy groups -OCH3 is 2. The number of anilines is 1.